The first kappa shape index (κ1) is 14.0. The van der Waals surface area contributed by atoms with Crippen molar-refractivity contribution in [2.45, 2.75) is 39.3 Å². The fraction of sp³-hybridized carbons (Fsp3) is 0.857. The number of hydrogen-bond donors (Lipinski definition) is 0. The smallest absolute Gasteiger partial charge is 0 e. The third-order valence-corrected chi connectivity index (χ3v) is 7.79. The quantitative estimate of drug-likeness (QED) is 0.497. The third-order valence-electron chi connectivity index (χ3n) is 0.866. The van der Waals surface area contributed by atoms with Crippen LogP contribution in [-0.4, -0.2) is 16.1 Å². The molecule has 0 saturated carbocycles. The molecular weight excluding hydrogens is 378 g/mol. The van der Waals surface area contributed by atoms with Gasteiger partial charge in [0.25, 0.3) is 0 Å². The molecule has 0 rings (SSSR count). The summed E-state index contributed by atoms with van der Waals surface area (Å²) in [7, 11) is -1.71. The zero-order valence-electron chi connectivity index (χ0n) is 8.08. The standard InChI is InChI=1S/C7H19Si2.U/c1-8(2,3)7-9(4,5)6;/h7H,1-6H3;/q-1;. The van der Waals surface area contributed by atoms with E-state index in [1.54, 1.807) is 0 Å². The van der Waals surface area contributed by atoms with Crippen LogP contribution in [0.2, 0.25) is 39.3 Å². The predicted octanol–water partition coefficient (Wildman–Crippen LogP) is 2.95. The molecule has 0 radical (unpaired) electrons. The molecule has 0 heterocycles. The van der Waals surface area contributed by atoms with Gasteiger partial charge in [-0.1, -0.05) is 39.3 Å². The van der Waals surface area contributed by atoms with E-state index < -0.39 is 16.1 Å². The van der Waals surface area contributed by atoms with Gasteiger partial charge < -0.3 is 5.67 Å². The Morgan fingerprint density at radius 3 is 0.900 bits per heavy atom. The molecule has 0 atom stereocenters. The number of hydrogen-bond acceptors (Lipinski definition) is 0. The molecule has 3 heteroatoms. The summed E-state index contributed by atoms with van der Waals surface area (Å²) in [4.78, 5) is 0. The Morgan fingerprint density at radius 1 is 0.700 bits per heavy atom. The molecule has 0 aromatic heterocycles. The fourth-order valence-corrected chi connectivity index (χ4v) is 11.7. The maximum Gasteiger partial charge on any atom is 0 e. The van der Waals surface area contributed by atoms with E-state index in [4.69, 9.17) is 0 Å². The molecule has 0 aromatic rings. The molecule has 0 unspecified atom stereocenters. The van der Waals surface area contributed by atoms with Crippen molar-refractivity contribution < 1.29 is 31.1 Å². The van der Waals surface area contributed by atoms with E-state index in [0.717, 1.165) is 0 Å². The first-order valence-electron chi connectivity index (χ1n) is 3.58. The van der Waals surface area contributed by atoms with Crippen LogP contribution in [0.15, 0.2) is 0 Å². The van der Waals surface area contributed by atoms with E-state index in [1.165, 1.54) is 0 Å². The monoisotopic (exact) mass is 397 g/mol. The van der Waals surface area contributed by atoms with Gasteiger partial charge in [-0.05, 0) is 0 Å². The Bertz CT molecular complexity index is 76.8. The van der Waals surface area contributed by atoms with Gasteiger partial charge in [-0.25, -0.2) is 0 Å². The molecule has 0 aliphatic rings. The Morgan fingerprint density at radius 2 is 0.900 bits per heavy atom. The summed E-state index contributed by atoms with van der Waals surface area (Å²) >= 11 is 0. The maximum atomic E-state index is 2.65. The van der Waals surface area contributed by atoms with Gasteiger partial charge in [0.1, 0.15) is 0 Å². The van der Waals surface area contributed by atoms with Crippen LogP contribution >= 0.6 is 0 Å². The van der Waals surface area contributed by atoms with E-state index in [9.17, 15) is 0 Å². The van der Waals surface area contributed by atoms with Crippen LogP contribution in [0.25, 0.3) is 0 Å². The van der Waals surface area contributed by atoms with E-state index in [0.29, 0.717) is 0 Å². The van der Waals surface area contributed by atoms with Gasteiger partial charge in [-0.2, -0.15) is 0 Å². The molecule has 60 valence electrons. The molecule has 0 aliphatic heterocycles. The molecule has 0 spiro atoms. The van der Waals surface area contributed by atoms with Crippen molar-refractivity contribution in [2.75, 3.05) is 0 Å². The van der Waals surface area contributed by atoms with Crippen molar-refractivity contribution in [3.63, 3.8) is 0 Å². The largest absolute Gasteiger partial charge is 0.327 e. The molecular formula is C7H19Si2U-. The summed E-state index contributed by atoms with van der Waals surface area (Å²) in [5.41, 5.74) is 2.65. The summed E-state index contributed by atoms with van der Waals surface area (Å²) in [6, 6.07) is 0. The fourth-order valence-electron chi connectivity index (χ4n) is 1.30. The molecule has 0 aliphatic carbocycles. The van der Waals surface area contributed by atoms with Gasteiger partial charge >= 0.3 is 0 Å². The van der Waals surface area contributed by atoms with Crippen LogP contribution in [0, 0.1) is 36.8 Å². The second-order valence-corrected chi connectivity index (χ2v) is 15.5. The van der Waals surface area contributed by atoms with Crippen molar-refractivity contribution in [3.05, 3.63) is 5.67 Å². The van der Waals surface area contributed by atoms with Crippen LogP contribution < -0.4 is 0 Å². The molecule has 0 N–H and O–H groups in total. The SMILES string of the molecule is C[Si](C)(C)[CH-][Si](C)(C)C.[U]. The zero-order chi connectivity index (χ0) is 7.71. The van der Waals surface area contributed by atoms with Gasteiger partial charge in [0.05, 0.1) is 0 Å². The molecule has 0 amide bonds. The van der Waals surface area contributed by atoms with E-state index in [1.807, 2.05) is 0 Å². The van der Waals surface area contributed by atoms with Crippen molar-refractivity contribution in [1.29, 1.82) is 0 Å². The van der Waals surface area contributed by atoms with Gasteiger partial charge in [0, 0.05) is 31.1 Å². The first-order chi connectivity index (χ1) is 3.71. The molecule has 10 heavy (non-hydrogen) atoms. The zero-order valence-corrected chi connectivity index (χ0v) is 14.2. The predicted molar refractivity (Wildman–Crippen MR) is 51.0 cm³/mol. The molecule has 0 aromatic carbocycles. The number of rotatable bonds is 2. The Labute approximate surface area is 91.6 Å². The van der Waals surface area contributed by atoms with Crippen LogP contribution in [0.1, 0.15) is 0 Å². The first-order valence-corrected chi connectivity index (χ1v) is 10.7. The van der Waals surface area contributed by atoms with E-state index in [-0.39, 0.29) is 31.1 Å². The summed E-state index contributed by atoms with van der Waals surface area (Å²) in [5, 5.41) is 0. The second-order valence-electron chi connectivity index (χ2n) is 4.88. The van der Waals surface area contributed by atoms with Crippen LogP contribution in [0.4, 0.5) is 0 Å². The maximum absolute atomic E-state index is 2.65. The van der Waals surface area contributed by atoms with Crippen LogP contribution in [0.3, 0.4) is 0 Å². The topological polar surface area (TPSA) is 0 Å². The van der Waals surface area contributed by atoms with Crippen molar-refractivity contribution >= 4 is 16.1 Å². The average Bonchev–Trinajstić information content (AvgIpc) is 1.14. The molecule has 0 saturated heterocycles. The van der Waals surface area contributed by atoms with Crippen LogP contribution in [0.5, 0.6) is 0 Å². The molecule has 0 fully saturated rings. The normalized spacial score (nSPS) is 12.6. The summed E-state index contributed by atoms with van der Waals surface area (Å²) in [5.74, 6) is 0. The van der Waals surface area contributed by atoms with Crippen LogP contribution in [-0.2, 0) is 0 Å². The molecule has 0 bridgehead atoms. The van der Waals surface area contributed by atoms with Gasteiger partial charge in [-0.15, -0.1) is 16.1 Å². The van der Waals surface area contributed by atoms with Gasteiger partial charge in [0.15, 0.2) is 0 Å². The van der Waals surface area contributed by atoms with Crippen molar-refractivity contribution in [3.8, 4) is 0 Å². The Balaban J connectivity index is 0. The Hall–Kier alpha value is 1.49. The van der Waals surface area contributed by atoms with E-state index >= 15 is 0 Å². The van der Waals surface area contributed by atoms with Gasteiger partial charge in [0.2, 0.25) is 0 Å². The second kappa shape index (κ2) is 4.50. The third kappa shape index (κ3) is 12.2. The van der Waals surface area contributed by atoms with E-state index in [2.05, 4.69) is 44.9 Å². The van der Waals surface area contributed by atoms with Gasteiger partial charge in [-0.3, -0.25) is 0 Å². The minimum Gasteiger partial charge on any atom is -0.327 e. The molecule has 0 nitrogen and oxygen atoms in total. The summed E-state index contributed by atoms with van der Waals surface area (Å²) < 4.78 is 0. The van der Waals surface area contributed by atoms with Crippen molar-refractivity contribution in [2.24, 2.45) is 0 Å². The minimum absolute atomic E-state index is 0. The summed E-state index contributed by atoms with van der Waals surface area (Å²) in [6.45, 7) is 14.4. The minimum atomic E-state index is -0.856. The Kier molecular flexibility index (Phi) is 6.31. The average molecular weight is 397 g/mol. The van der Waals surface area contributed by atoms with Crippen molar-refractivity contribution in [1.82, 2.24) is 0 Å². The summed E-state index contributed by atoms with van der Waals surface area (Å²) in [6.07, 6.45) is 0.